The summed E-state index contributed by atoms with van der Waals surface area (Å²) in [4.78, 5) is 8.71. The van der Waals surface area contributed by atoms with Gasteiger partial charge in [0.05, 0.1) is 11.9 Å². The van der Waals surface area contributed by atoms with E-state index >= 15 is 0 Å². The number of rotatable bonds is 2. The fourth-order valence-corrected chi connectivity index (χ4v) is 2.16. The number of hydrogen-bond acceptors (Lipinski definition) is 3. The highest BCUT2D eigenvalue weighted by Gasteiger charge is 2.10. The van der Waals surface area contributed by atoms with Gasteiger partial charge in [0.25, 0.3) is 0 Å². The number of imidazole rings is 1. The highest BCUT2D eigenvalue weighted by molar-refractivity contribution is 5.71. The van der Waals surface area contributed by atoms with Gasteiger partial charge < -0.3 is 5.32 Å². The highest BCUT2D eigenvalue weighted by Crippen LogP contribution is 2.25. The van der Waals surface area contributed by atoms with Gasteiger partial charge in [-0.2, -0.15) is 0 Å². The number of benzene rings is 1. The number of nitrogens with one attached hydrogen (secondary N) is 1. The van der Waals surface area contributed by atoms with Crippen LogP contribution in [0.1, 0.15) is 5.56 Å². The molecule has 0 aliphatic carbocycles. The van der Waals surface area contributed by atoms with Gasteiger partial charge in [0.15, 0.2) is 11.5 Å². The molecule has 0 saturated carbocycles. The van der Waals surface area contributed by atoms with E-state index in [1.165, 1.54) is 11.1 Å². The van der Waals surface area contributed by atoms with Crippen molar-refractivity contribution in [3.05, 3.63) is 48.4 Å². The molecule has 0 atom stereocenters. The Morgan fingerprint density at radius 2 is 2.00 bits per heavy atom. The van der Waals surface area contributed by atoms with Crippen molar-refractivity contribution in [2.75, 3.05) is 12.4 Å². The fraction of sp³-hybridized carbons (Fsp3) is 0.143. The summed E-state index contributed by atoms with van der Waals surface area (Å²) < 4.78 is 2.06. The smallest absolute Gasteiger partial charge is 0.180 e. The Morgan fingerprint density at radius 1 is 1.17 bits per heavy atom. The van der Waals surface area contributed by atoms with E-state index in [0.29, 0.717) is 0 Å². The van der Waals surface area contributed by atoms with Crippen LogP contribution in [0.2, 0.25) is 0 Å². The summed E-state index contributed by atoms with van der Waals surface area (Å²) in [5.41, 5.74) is 4.36. The predicted molar refractivity (Wildman–Crippen MR) is 72.7 cm³/mol. The van der Waals surface area contributed by atoms with Crippen molar-refractivity contribution in [3.8, 4) is 11.3 Å². The SMILES string of the molecule is CNc1nccn2c(-c3ccccc3C)cnc12. The van der Waals surface area contributed by atoms with E-state index in [9.17, 15) is 0 Å². The van der Waals surface area contributed by atoms with Crippen LogP contribution in [-0.4, -0.2) is 21.4 Å². The van der Waals surface area contributed by atoms with Crippen LogP contribution in [0.4, 0.5) is 5.82 Å². The van der Waals surface area contributed by atoms with E-state index in [1.54, 1.807) is 6.20 Å². The average molecular weight is 238 g/mol. The molecule has 0 unspecified atom stereocenters. The number of anilines is 1. The zero-order chi connectivity index (χ0) is 12.5. The van der Waals surface area contributed by atoms with Crippen LogP contribution >= 0.6 is 0 Å². The minimum Gasteiger partial charge on any atom is -0.370 e. The van der Waals surface area contributed by atoms with E-state index in [0.717, 1.165) is 17.2 Å². The molecule has 0 spiro atoms. The molecule has 4 nitrogen and oxygen atoms in total. The molecule has 0 bridgehead atoms. The monoisotopic (exact) mass is 238 g/mol. The molecule has 2 aromatic heterocycles. The lowest BCUT2D eigenvalue weighted by atomic mass is 10.1. The fourth-order valence-electron chi connectivity index (χ4n) is 2.16. The lowest BCUT2D eigenvalue weighted by molar-refractivity contribution is 1.12. The van der Waals surface area contributed by atoms with Crippen molar-refractivity contribution < 1.29 is 0 Å². The van der Waals surface area contributed by atoms with Crippen LogP contribution in [0.5, 0.6) is 0 Å². The van der Waals surface area contributed by atoms with Crippen LogP contribution < -0.4 is 5.32 Å². The third-order valence-electron chi connectivity index (χ3n) is 3.09. The third kappa shape index (κ3) is 1.54. The first-order chi connectivity index (χ1) is 8.81. The third-order valence-corrected chi connectivity index (χ3v) is 3.09. The van der Waals surface area contributed by atoms with Gasteiger partial charge in [-0.15, -0.1) is 0 Å². The number of aromatic nitrogens is 3. The predicted octanol–water partition coefficient (Wildman–Crippen LogP) is 2.75. The van der Waals surface area contributed by atoms with Crippen LogP contribution in [0.3, 0.4) is 0 Å². The zero-order valence-electron chi connectivity index (χ0n) is 10.4. The minimum atomic E-state index is 0.789. The lowest BCUT2D eigenvalue weighted by Gasteiger charge is -2.06. The number of aryl methyl sites for hydroxylation is 1. The van der Waals surface area contributed by atoms with E-state index in [1.807, 2.05) is 31.6 Å². The minimum absolute atomic E-state index is 0.789. The van der Waals surface area contributed by atoms with Crippen LogP contribution in [0.15, 0.2) is 42.9 Å². The summed E-state index contributed by atoms with van der Waals surface area (Å²) >= 11 is 0. The molecule has 0 aliphatic rings. The second-order valence-corrected chi connectivity index (χ2v) is 4.18. The normalized spacial score (nSPS) is 10.8. The van der Waals surface area contributed by atoms with Gasteiger partial charge in [0, 0.05) is 25.0 Å². The standard InChI is InChI=1S/C14H14N4/c1-10-5-3-4-6-11(10)12-9-17-14-13(15-2)16-7-8-18(12)14/h3-9H,1-2H3,(H,15,16). The number of hydrogen-bond donors (Lipinski definition) is 1. The Labute approximate surface area is 105 Å². The molecule has 0 amide bonds. The van der Waals surface area contributed by atoms with Gasteiger partial charge in [-0.3, -0.25) is 4.40 Å². The maximum Gasteiger partial charge on any atom is 0.180 e. The second kappa shape index (κ2) is 4.14. The molecule has 4 heteroatoms. The first-order valence-corrected chi connectivity index (χ1v) is 5.87. The molecule has 1 aromatic carbocycles. The van der Waals surface area contributed by atoms with Crippen LogP contribution in [0, 0.1) is 6.92 Å². The van der Waals surface area contributed by atoms with Crippen molar-refractivity contribution in [2.45, 2.75) is 6.92 Å². The lowest BCUT2D eigenvalue weighted by Crippen LogP contribution is -1.97. The summed E-state index contributed by atoms with van der Waals surface area (Å²) in [6.07, 6.45) is 5.60. The number of fused-ring (bicyclic) bond motifs is 1. The molecule has 2 heterocycles. The van der Waals surface area contributed by atoms with Crippen LogP contribution in [0.25, 0.3) is 16.9 Å². The Bertz CT molecular complexity index is 700. The molecule has 0 saturated heterocycles. The van der Waals surface area contributed by atoms with E-state index in [-0.39, 0.29) is 0 Å². The highest BCUT2D eigenvalue weighted by atomic mass is 15.1. The van der Waals surface area contributed by atoms with Gasteiger partial charge in [0.2, 0.25) is 0 Å². The molecule has 0 fully saturated rings. The zero-order valence-corrected chi connectivity index (χ0v) is 10.4. The molecule has 0 aliphatic heterocycles. The summed E-state index contributed by atoms with van der Waals surface area (Å²) in [5.74, 6) is 0.789. The summed E-state index contributed by atoms with van der Waals surface area (Å²) in [5, 5.41) is 3.05. The molecule has 1 N–H and O–H groups in total. The molecule has 3 aromatic rings. The topological polar surface area (TPSA) is 42.2 Å². The Balaban J connectivity index is 2.29. The van der Waals surface area contributed by atoms with Gasteiger partial charge >= 0.3 is 0 Å². The van der Waals surface area contributed by atoms with Crippen molar-refractivity contribution in [2.24, 2.45) is 0 Å². The maximum atomic E-state index is 4.44. The Kier molecular flexibility index (Phi) is 2.48. The van der Waals surface area contributed by atoms with Crippen molar-refractivity contribution in [3.63, 3.8) is 0 Å². The quantitative estimate of drug-likeness (QED) is 0.746. The van der Waals surface area contributed by atoms with E-state index in [4.69, 9.17) is 0 Å². The van der Waals surface area contributed by atoms with Gasteiger partial charge in [0.1, 0.15) is 0 Å². The summed E-state index contributed by atoms with van der Waals surface area (Å²) in [6.45, 7) is 2.11. The first kappa shape index (κ1) is 10.8. The summed E-state index contributed by atoms with van der Waals surface area (Å²) in [6, 6.07) is 8.30. The van der Waals surface area contributed by atoms with Crippen molar-refractivity contribution in [1.29, 1.82) is 0 Å². The second-order valence-electron chi connectivity index (χ2n) is 4.18. The molecule has 90 valence electrons. The first-order valence-electron chi connectivity index (χ1n) is 5.87. The van der Waals surface area contributed by atoms with Crippen LogP contribution in [-0.2, 0) is 0 Å². The number of nitrogens with zero attached hydrogens (tertiary/aromatic N) is 3. The van der Waals surface area contributed by atoms with Crippen molar-refractivity contribution in [1.82, 2.24) is 14.4 Å². The Morgan fingerprint density at radius 3 is 2.78 bits per heavy atom. The average Bonchev–Trinajstić information content (AvgIpc) is 2.83. The molecule has 18 heavy (non-hydrogen) atoms. The molecular formula is C14H14N4. The van der Waals surface area contributed by atoms with Gasteiger partial charge in [-0.25, -0.2) is 9.97 Å². The maximum absolute atomic E-state index is 4.44. The van der Waals surface area contributed by atoms with Crippen molar-refractivity contribution >= 4 is 11.5 Å². The largest absolute Gasteiger partial charge is 0.370 e. The molecule has 3 rings (SSSR count). The summed E-state index contributed by atoms with van der Waals surface area (Å²) in [7, 11) is 1.85. The van der Waals surface area contributed by atoms with Gasteiger partial charge in [-0.1, -0.05) is 24.3 Å². The molecule has 0 radical (unpaired) electrons. The van der Waals surface area contributed by atoms with Gasteiger partial charge in [-0.05, 0) is 12.5 Å². The van der Waals surface area contributed by atoms with E-state index in [2.05, 4.69) is 38.7 Å². The van der Waals surface area contributed by atoms with E-state index < -0.39 is 0 Å². The molecular weight excluding hydrogens is 224 g/mol. The Hall–Kier alpha value is -2.36.